The Bertz CT molecular complexity index is 349. The average molecular weight is 237 g/mol. The van der Waals surface area contributed by atoms with Crippen LogP contribution in [0.4, 0.5) is 0 Å². The molecule has 4 nitrogen and oxygen atoms in total. The molecule has 0 saturated carbocycles. The summed E-state index contributed by atoms with van der Waals surface area (Å²) in [7, 11) is 0. The van der Waals surface area contributed by atoms with Crippen LogP contribution in [-0.4, -0.2) is 35.0 Å². The number of terminal acetylenes is 1. The normalized spacial score (nSPS) is 19.9. The van der Waals surface area contributed by atoms with Crippen LogP contribution in [0.25, 0.3) is 0 Å². The van der Waals surface area contributed by atoms with Crippen LogP contribution in [0.15, 0.2) is 0 Å². The fourth-order valence-electron chi connectivity index (χ4n) is 1.87. The molecule has 4 heteroatoms. The predicted molar refractivity (Wildman–Crippen MR) is 64.0 cm³/mol. The van der Waals surface area contributed by atoms with Crippen LogP contribution >= 0.6 is 0 Å². The molecular weight excluding hydrogens is 218 g/mol. The molecule has 1 atom stereocenters. The molecule has 0 radical (unpaired) electrons. The fourth-order valence-corrected chi connectivity index (χ4v) is 1.87. The minimum absolute atomic E-state index is 0.0410. The Kier molecular flexibility index (Phi) is 4.17. The number of rotatable bonds is 2. The van der Waals surface area contributed by atoms with Gasteiger partial charge in [-0.15, -0.1) is 6.42 Å². The summed E-state index contributed by atoms with van der Waals surface area (Å²) < 4.78 is 5.30. The standard InChI is InChI=1S/C13H19NO3/c1-5-7-11(15)14-9-6-8-10(14)12(16)17-13(2,3)4/h1,10H,6-9H2,2-4H3/t10-/m1/s1. The zero-order valence-electron chi connectivity index (χ0n) is 10.7. The lowest BCUT2D eigenvalue weighted by Crippen LogP contribution is -2.43. The molecule has 0 aromatic carbocycles. The highest BCUT2D eigenvalue weighted by atomic mass is 16.6. The lowest BCUT2D eigenvalue weighted by atomic mass is 10.1. The van der Waals surface area contributed by atoms with E-state index in [1.807, 2.05) is 20.8 Å². The Balaban J connectivity index is 2.67. The second-order valence-electron chi connectivity index (χ2n) is 5.16. The number of amides is 1. The van der Waals surface area contributed by atoms with E-state index in [-0.39, 0.29) is 18.3 Å². The van der Waals surface area contributed by atoms with Gasteiger partial charge in [-0.2, -0.15) is 0 Å². The van der Waals surface area contributed by atoms with Gasteiger partial charge in [-0.1, -0.05) is 5.92 Å². The van der Waals surface area contributed by atoms with Gasteiger partial charge in [-0.3, -0.25) is 4.79 Å². The molecular formula is C13H19NO3. The highest BCUT2D eigenvalue weighted by Gasteiger charge is 2.36. The van der Waals surface area contributed by atoms with E-state index in [0.717, 1.165) is 6.42 Å². The number of carbonyl (C=O) groups excluding carboxylic acids is 2. The molecule has 0 aromatic heterocycles. The van der Waals surface area contributed by atoms with Crippen molar-refractivity contribution < 1.29 is 14.3 Å². The topological polar surface area (TPSA) is 46.6 Å². The van der Waals surface area contributed by atoms with Gasteiger partial charge in [0.25, 0.3) is 0 Å². The molecule has 1 heterocycles. The lowest BCUT2D eigenvalue weighted by Gasteiger charge is -2.27. The van der Waals surface area contributed by atoms with Gasteiger partial charge in [-0.25, -0.2) is 4.79 Å². The van der Waals surface area contributed by atoms with Crippen molar-refractivity contribution in [2.75, 3.05) is 6.54 Å². The van der Waals surface area contributed by atoms with Gasteiger partial charge in [-0.05, 0) is 33.6 Å². The maximum absolute atomic E-state index is 11.9. The largest absolute Gasteiger partial charge is 0.458 e. The first kappa shape index (κ1) is 13.6. The number of likely N-dealkylation sites (tertiary alicyclic amines) is 1. The zero-order valence-corrected chi connectivity index (χ0v) is 10.7. The van der Waals surface area contributed by atoms with Gasteiger partial charge >= 0.3 is 5.97 Å². The quantitative estimate of drug-likeness (QED) is 0.538. The summed E-state index contributed by atoms with van der Waals surface area (Å²) in [6, 6.07) is -0.463. The first-order chi connectivity index (χ1) is 7.85. The van der Waals surface area contributed by atoms with Crippen LogP contribution in [0.3, 0.4) is 0 Å². The molecule has 0 aromatic rings. The van der Waals surface area contributed by atoms with E-state index in [9.17, 15) is 9.59 Å². The summed E-state index contributed by atoms with van der Waals surface area (Å²) in [5, 5.41) is 0. The van der Waals surface area contributed by atoms with Crippen LogP contribution in [-0.2, 0) is 14.3 Å². The first-order valence-electron chi connectivity index (χ1n) is 5.81. The van der Waals surface area contributed by atoms with Crippen LogP contribution in [0.2, 0.25) is 0 Å². The van der Waals surface area contributed by atoms with Gasteiger partial charge in [0.2, 0.25) is 5.91 Å². The number of hydrogen-bond donors (Lipinski definition) is 0. The molecule has 1 saturated heterocycles. The van der Waals surface area contributed by atoms with E-state index < -0.39 is 11.6 Å². The van der Waals surface area contributed by atoms with Gasteiger partial charge in [0.05, 0.1) is 6.42 Å². The zero-order chi connectivity index (χ0) is 13.1. The molecule has 0 aliphatic carbocycles. The molecule has 17 heavy (non-hydrogen) atoms. The van der Waals surface area contributed by atoms with E-state index in [0.29, 0.717) is 13.0 Å². The number of nitrogens with zero attached hydrogens (tertiary/aromatic N) is 1. The van der Waals surface area contributed by atoms with Gasteiger partial charge in [0.15, 0.2) is 0 Å². The molecule has 0 N–H and O–H groups in total. The Hall–Kier alpha value is -1.50. The van der Waals surface area contributed by atoms with E-state index in [2.05, 4.69) is 5.92 Å². The first-order valence-corrected chi connectivity index (χ1v) is 5.81. The van der Waals surface area contributed by atoms with Crippen LogP contribution in [0, 0.1) is 12.3 Å². The number of carbonyl (C=O) groups is 2. The molecule has 1 aliphatic heterocycles. The lowest BCUT2D eigenvalue weighted by molar-refractivity contribution is -0.163. The second kappa shape index (κ2) is 5.22. The summed E-state index contributed by atoms with van der Waals surface area (Å²) in [5.41, 5.74) is -0.527. The SMILES string of the molecule is C#CCC(=O)N1CCC[C@@H]1C(=O)OC(C)(C)C. The summed E-state index contributed by atoms with van der Waals surface area (Å²) in [6.45, 7) is 6.03. The number of esters is 1. The van der Waals surface area contributed by atoms with Gasteiger partial charge < -0.3 is 9.64 Å². The summed E-state index contributed by atoms with van der Waals surface area (Å²) in [5.74, 6) is 1.81. The van der Waals surface area contributed by atoms with Crippen LogP contribution < -0.4 is 0 Å². The molecule has 1 fully saturated rings. The molecule has 1 amide bonds. The third-order valence-electron chi connectivity index (χ3n) is 2.51. The third kappa shape index (κ3) is 3.77. The molecule has 0 unspecified atom stereocenters. The summed E-state index contributed by atoms with van der Waals surface area (Å²) in [4.78, 5) is 25.1. The van der Waals surface area contributed by atoms with Crippen molar-refractivity contribution in [1.29, 1.82) is 0 Å². The third-order valence-corrected chi connectivity index (χ3v) is 2.51. The van der Waals surface area contributed by atoms with Crippen molar-refractivity contribution in [3.63, 3.8) is 0 Å². The van der Waals surface area contributed by atoms with Crippen LogP contribution in [0.5, 0.6) is 0 Å². The van der Waals surface area contributed by atoms with Crippen molar-refractivity contribution in [3.05, 3.63) is 0 Å². The van der Waals surface area contributed by atoms with E-state index >= 15 is 0 Å². The van der Waals surface area contributed by atoms with Crippen molar-refractivity contribution in [3.8, 4) is 12.3 Å². The molecule has 1 rings (SSSR count). The average Bonchev–Trinajstić information content (AvgIpc) is 2.63. The van der Waals surface area contributed by atoms with Crippen molar-refractivity contribution >= 4 is 11.9 Å². The smallest absolute Gasteiger partial charge is 0.329 e. The summed E-state index contributed by atoms with van der Waals surface area (Å²) >= 11 is 0. The highest BCUT2D eigenvalue weighted by molar-refractivity contribution is 5.86. The maximum Gasteiger partial charge on any atom is 0.329 e. The van der Waals surface area contributed by atoms with Crippen molar-refractivity contribution in [2.24, 2.45) is 0 Å². The van der Waals surface area contributed by atoms with Crippen LogP contribution in [0.1, 0.15) is 40.0 Å². The Labute approximate surface area is 102 Å². The maximum atomic E-state index is 11.9. The summed E-state index contributed by atoms with van der Waals surface area (Å²) in [6.07, 6.45) is 6.63. The van der Waals surface area contributed by atoms with E-state index in [1.165, 1.54) is 4.90 Å². The van der Waals surface area contributed by atoms with Crippen molar-refractivity contribution in [2.45, 2.75) is 51.7 Å². The van der Waals surface area contributed by atoms with E-state index in [4.69, 9.17) is 11.2 Å². The molecule has 94 valence electrons. The minimum atomic E-state index is -0.527. The number of hydrogen-bond acceptors (Lipinski definition) is 3. The Morgan fingerprint density at radius 1 is 1.47 bits per heavy atom. The molecule has 1 aliphatic rings. The molecule has 0 bridgehead atoms. The number of ether oxygens (including phenoxy) is 1. The minimum Gasteiger partial charge on any atom is -0.458 e. The second-order valence-corrected chi connectivity index (χ2v) is 5.16. The Morgan fingerprint density at radius 2 is 2.12 bits per heavy atom. The predicted octanol–water partition coefficient (Wildman–Crippen LogP) is 1.34. The Morgan fingerprint density at radius 3 is 2.65 bits per heavy atom. The fraction of sp³-hybridized carbons (Fsp3) is 0.692. The van der Waals surface area contributed by atoms with Gasteiger partial charge in [0, 0.05) is 6.54 Å². The molecule has 0 spiro atoms. The monoisotopic (exact) mass is 237 g/mol. The van der Waals surface area contributed by atoms with Crippen molar-refractivity contribution in [1.82, 2.24) is 4.90 Å². The van der Waals surface area contributed by atoms with E-state index in [1.54, 1.807) is 0 Å². The highest BCUT2D eigenvalue weighted by Crippen LogP contribution is 2.21. The van der Waals surface area contributed by atoms with Gasteiger partial charge in [0.1, 0.15) is 11.6 Å².